The fraction of sp³-hybridized carbons (Fsp3) is 0.381. The molecule has 0 spiro atoms. The summed E-state index contributed by atoms with van der Waals surface area (Å²) in [5.41, 5.74) is 4.04. The molecule has 4 rings (SSSR count). The molecule has 0 bridgehead atoms. The molecule has 5 heteroatoms. The van der Waals surface area contributed by atoms with Crippen molar-refractivity contribution in [3.05, 3.63) is 48.0 Å². The largest absolute Gasteiger partial charge is 0.482 e. The van der Waals surface area contributed by atoms with Gasteiger partial charge in [0.2, 0.25) is 0 Å². The van der Waals surface area contributed by atoms with Crippen LogP contribution >= 0.6 is 0 Å². The lowest BCUT2D eigenvalue weighted by Gasteiger charge is -2.32. The van der Waals surface area contributed by atoms with Crippen molar-refractivity contribution < 1.29 is 14.3 Å². The number of carbonyl (C=O) groups excluding carboxylic acids is 1. The fourth-order valence-corrected chi connectivity index (χ4v) is 3.84. The molecule has 0 aliphatic carbocycles. The van der Waals surface area contributed by atoms with E-state index >= 15 is 0 Å². The molecule has 0 radical (unpaired) electrons. The lowest BCUT2D eigenvalue weighted by atomic mass is 9.86. The van der Waals surface area contributed by atoms with E-state index in [4.69, 9.17) is 9.47 Å². The van der Waals surface area contributed by atoms with Crippen molar-refractivity contribution in [2.24, 2.45) is 0 Å². The van der Waals surface area contributed by atoms with Gasteiger partial charge in [0.1, 0.15) is 5.75 Å². The monoisotopic (exact) mass is 352 g/mol. The molecule has 2 aliphatic rings. The van der Waals surface area contributed by atoms with Gasteiger partial charge < -0.3 is 20.1 Å². The van der Waals surface area contributed by atoms with Gasteiger partial charge in [0.15, 0.2) is 6.61 Å². The molecule has 2 heterocycles. The van der Waals surface area contributed by atoms with Gasteiger partial charge in [-0.25, -0.2) is 0 Å². The van der Waals surface area contributed by atoms with Crippen LogP contribution in [-0.4, -0.2) is 24.7 Å². The number of fused-ring (bicyclic) bond motifs is 1. The first-order valence-electron chi connectivity index (χ1n) is 9.16. The minimum atomic E-state index is -0.120. The number of carbonyl (C=O) groups is 1. The third-order valence-electron chi connectivity index (χ3n) is 4.98. The maximum Gasteiger partial charge on any atom is 0.262 e. The number of ether oxygens (including phenoxy) is 2. The Hall–Kier alpha value is -2.53. The van der Waals surface area contributed by atoms with Crippen molar-refractivity contribution >= 4 is 23.0 Å². The summed E-state index contributed by atoms with van der Waals surface area (Å²) in [6, 6.07) is 14.3. The van der Waals surface area contributed by atoms with Crippen LogP contribution in [0.25, 0.3) is 0 Å². The molecule has 2 atom stereocenters. The van der Waals surface area contributed by atoms with E-state index < -0.39 is 0 Å². The molecule has 2 aromatic rings. The molecular weight excluding hydrogens is 328 g/mol. The van der Waals surface area contributed by atoms with Crippen LogP contribution in [0.2, 0.25) is 0 Å². The maximum atomic E-state index is 11.3. The second-order valence-electron chi connectivity index (χ2n) is 7.22. The highest BCUT2D eigenvalue weighted by molar-refractivity contribution is 5.95. The Morgan fingerprint density at radius 1 is 1.00 bits per heavy atom. The zero-order valence-corrected chi connectivity index (χ0v) is 15.1. The van der Waals surface area contributed by atoms with Crippen molar-refractivity contribution in [1.29, 1.82) is 0 Å². The number of hydrogen-bond donors (Lipinski definition) is 2. The Morgan fingerprint density at radius 3 is 2.42 bits per heavy atom. The Labute approximate surface area is 153 Å². The zero-order chi connectivity index (χ0) is 18.1. The first-order chi connectivity index (χ1) is 12.6. The Balaban J connectivity index is 1.45. The number of amides is 1. The summed E-state index contributed by atoms with van der Waals surface area (Å²) in [6.07, 6.45) is 2.78. The molecule has 1 amide bonds. The fourth-order valence-electron chi connectivity index (χ4n) is 3.84. The summed E-state index contributed by atoms with van der Waals surface area (Å²) in [5.74, 6) is 1.13. The van der Waals surface area contributed by atoms with Crippen LogP contribution in [0.5, 0.6) is 5.75 Å². The second kappa shape index (κ2) is 7.00. The van der Waals surface area contributed by atoms with Gasteiger partial charge in [0.25, 0.3) is 5.91 Å². The van der Waals surface area contributed by atoms with Crippen molar-refractivity contribution in [2.75, 3.05) is 17.2 Å². The van der Waals surface area contributed by atoms with Crippen LogP contribution in [0.3, 0.4) is 0 Å². The zero-order valence-electron chi connectivity index (χ0n) is 15.1. The number of rotatable bonds is 3. The van der Waals surface area contributed by atoms with E-state index in [0.717, 1.165) is 24.2 Å². The van der Waals surface area contributed by atoms with Crippen LogP contribution in [0.1, 0.15) is 38.2 Å². The summed E-state index contributed by atoms with van der Waals surface area (Å²) in [6.45, 7) is 4.37. The van der Waals surface area contributed by atoms with Crippen molar-refractivity contribution in [1.82, 2.24) is 0 Å². The van der Waals surface area contributed by atoms with Crippen molar-refractivity contribution in [3.63, 3.8) is 0 Å². The highest BCUT2D eigenvalue weighted by Crippen LogP contribution is 2.35. The van der Waals surface area contributed by atoms with Gasteiger partial charge in [-0.2, -0.15) is 0 Å². The molecule has 0 saturated carbocycles. The predicted octanol–water partition coefficient (Wildman–Crippen LogP) is 4.43. The quantitative estimate of drug-likeness (QED) is 0.858. The first kappa shape index (κ1) is 16.9. The second-order valence-corrected chi connectivity index (χ2v) is 7.22. The highest BCUT2D eigenvalue weighted by atomic mass is 16.5. The van der Waals surface area contributed by atoms with Gasteiger partial charge in [0, 0.05) is 17.4 Å². The number of hydrogen-bond acceptors (Lipinski definition) is 4. The molecule has 136 valence electrons. The smallest absolute Gasteiger partial charge is 0.262 e. The van der Waals surface area contributed by atoms with Gasteiger partial charge in [0.05, 0.1) is 17.9 Å². The predicted molar refractivity (Wildman–Crippen MR) is 102 cm³/mol. The topological polar surface area (TPSA) is 59.6 Å². The normalized spacial score (nSPS) is 25.0. The van der Waals surface area contributed by atoms with Crippen LogP contribution in [-0.2, 0) is 9.53 Å². The van der Waals surface area contributed by atoms with E-state index in [1.54, 1.807) is 0 Å². The van der Waals surface area contributed by atoms with Gasteiger partial charge in [-0.15, -0.1) is 0 Å². The molecule has 1 fully saturated rings. The van der Waals surface area contributed by atoms with Gasteiger partial charge in [-0.3, -0.25) is 4.79 Å². The summed E-state index contributed by atoms with van der Waals surface area (Å²) >= 11 is 0. The van der Waals surface area contributed by atoms with E-state index in [2.05, 4.69) is 48.7 Å². The third-order valence-corrected chi connectivity index (χ3v) is 4.98. The molecule has 2 aliphatic heterocycles. The van der Waals surface area contributed by atoms with Crippen molar-refractivity contribution in [2.45, 2.75) is 44.8 Å². The molecule has 2 aromatic carbocycles. The molecular formula is C21H24N2O3. The van der Waals surface area contributed by atoms with E-state index in [0.29, 0.717) is 29.6 Å². The third kappa shape index (κ3) is 3.68. The molecule has 0 aromatic heterocycles. The lowest BCUT2D eigenvalue weighted by Crippen LogP contribution is -2.28. The minimum absolute atomic E-state index is 0.0626. The van der Waals surface area contributed by atoms with Crippen LogP contribution < -0.4 is 15.4 Å². The highest BCUT2D eigenvalue weighted by Gasteiger charge is 2.25. The Morgan fingerprint density at radius 2 is 1.69 bits per heavy atom. The summed E-state index contributed by atoms with van der Waals surface area (Å²) < 4.78 is 11.3. The summed E-state index contributed by atoms with van der Waals surface area (Å²) in [7, 11) is 0. The molecule has 1 saturated heterocycles. The minimum Gasteiger partial charge on any atom is -0.482 e. The van der Waals surface area contributed by atoms with E-state index in [1.165, 1.54) is 5.56 Å². The number of anilines is 3. The van der Waals surface area contributed by atoms with Crippen LogP contribution in [0.4, 0.5) is 17.1 Å². The SMILES string of the molecule is CC1CC(c2ccc(Nc3ccc4c(c3)OCC(=O)N4)cc2)CC(C)O1. The standard InChI is InChI=1S/C21H24N2O3/c1-13-9-16(10-14(2)26-13)15-3-5-17(6-4-15)22-18-7-8-19-20(11-18)25-12-21(24)23-19/h3-8,11,13-14,16,22H,9-10,12H2,1-2H3,(H,23,24). The average Bonchev–Trinajstić information content (AvgIpc) is 2.62. The van der Waals surface area contributed by atoms with Crippen LogP contribution in [0, 0.1) is 0 Å². The van der Waals surface area contributed by atoms with E-state index in [-0.39, 0.29) is 12.5 Å². The Kier molecular flexibility index (Phi) is 4.55. The molecule has 5 nitrogen and oxygen atoms in total. The van der Waals surface area contributed by atoms with Gasteiger partial charge in [-0.1, -0.05) is 12.1 Å². The van der Waals surface area contributed by atoms with Gasteiger partial charge >= 0.3 is 0 Å². The maximum absolute atomic E-state index is 11.3. The number of nitrogens with one attached hydrogen (secondary N) is 2. The molecule has 2 unspecified atom stereocenters. The molecule has 2 N–H and O–H groups in total. The van der Waals surface area contributed by atoms with E-state index in [1.807, 2.05) is 18.2 Å². The van der Waals surface area contributed by atoms with E-state index in [9.17, 15) is 4.79 Å². The first-order valence-corrected chi connectivity index (χ1v) is 9.16. The number of benzene rings is 2. The summed E-state index contributed by atoms with van der Waals surface area (Å²) in [4.78, 5) is 11.3. The molecule has 26 heavy (non-hydrogen) atoms. The Bertz CT molecular complexity index is 793. The lowest BCUT2D eigenvalue weighted by molar-refractivity contribution is -0.118. The summed E-state index contributed by atoms with van der Waals surface area (Å²) in [5, 5.41) is 6.20. The van der Waals surface area contributed by atoms with Gasteiger partial charge in [-0.05, 0) is 62.4 Å². The van der Waals surface area contributed by atoms with Crippen LogP contribution in [0.15, 0.2) is 42.5 Å². The average molecular weight is 352 g/mol. The van der Waals surface area contributed by atoms with Crippen molar-refractivity contribution in [3.8, 4) is 5.75 Å².